The average Bonchev–Trinajstić information content (AvgIpc) is 2.84. The van der Waals surface area contributed by atoms with Gasteiger partial charge in [0, 0.05) is 12.3 Å². The number of thiazole rings is 1. The number of carbonyl (C=O) groups excluding carboxylic acids is 1. The van der Waals surface area contributed by atoms with E-state index in [0.29, 0.717) is 16.3 Å². The lowest BCUT2D eigenvalue weighted by Crippen LogP contribution is -2.11. The number of aromatic nitrogens is 2. The minimum Gasteiger partial charge on any atom is -0.478 e. The van der Waals surface area contributed by atoms with Gasteiger partial charge in [0.15, 0.2) is 0 Å². The van der Waals surface area contributed by atoms with Gasteiger partial charge in [-0.1, -0.05) is 0 Å². The molecule has 2 rings (SSSR count). The molecular weight excluding hydrogens is 278 g/mol. The first-order valence-corrected chi connectivity index (χ1v) is 6.47. The SMILES string of the molecule is Cc1ncc(C(=O)Nc2cc(/C=C/C(=O)O)ccn2)s1. The molecule has 7 heteroatoms. The first kappa shape index (κ1) is 13.9. The number of amides is 1. The Morgan fingerprint density at radius 1 is 1.40 bits per heavy atom. The smallest absolute Gasteiger partial charge is 0.328 e. The van der Waals surface area contributed by atoms with Crippen molar-refractivity contribution in [2.24, 2.45) is 0 Å². The van der Waals surface area contributed by atoms with Crippen LogP contribution in [0.1, 0.15) is 20.2 Å². The quantitative estimate of drug-likeness (QED) is 0.842. The molecule has 0 unspecified atom stereocenters. The van der Waals surface area contributed by atoms with Gasteiger partial charge in [-0.15, -0.1) is 11.3 Å². The van der Waals surface area contributed by atoms with E-state index in [1.807, 2.05) is 6.92 Å². The van der Waals surface area contributed by atoms with E-state index < -0.39 is 5.97 Å². The number of carboxylic acids is 1. The van der Waals surface area contributed by atoms with Crippen LogP contribution in [-0.4, -0.2) is 27.0 Å². The van der Waals surface area contributed by atoms with Crippen LogP contribution in [0.4, 0.5) is 5.82 Å². The van der Waals surface area contributed by atoms with Gasteiger partial charge in [0.05, 0.1) is 11.2 Å². The van der Waals surface area contributed by atoms with Crippen molar-refractivity contribution in [1.82, 2.24) is 9.97 Å². The van der Waals surface area contributed by atoms with Crippen molar-refractivity contribution < 1.29 is 14.7 Å². The highest BCUT2D eigenvalue weighted by molar-refractivity contribution is 7.13. The number of aryl methyl sites for hydroxylation is 1. The fraction of sp³-hybridized carbons (Fsp3) is 0.0769. The van der Waals surface area contributed by atoms with E-state index in [9.17, 15) is 9.59 Å². The Kier molecular flexibility index (Phi) is 4.21. The monoisotopic (exact) mass is 289 g/mol. The number of rotatable bonds is 4. The second-order valence-corrected chi connectivity index (χ2v) is 5.08. The summed E-state index contributed by atoms with van der Waals surface area (Å²) < 4.78 is 0. The molecule has 20 heavy (non-hydrogen) atoms. The lowest BCUT2D eigenvalue weighted by Gasteiger charge is -2.02. The fourth-order valence-corrected chi connectivity index (χ4v) is 2.10. The Bertz CT molecular complexity index is 679. The molecule has 0 bridgehead atoms. The molecule has 2 heterocycles. The Morgan fingerprint density at radius 3 is 2.85 bits per heavy atom. The van der Waals surface area contributed by atoms with E-state index >= 15 is 0 Å². The lowest BCUT2D eigenvalue weighted by molar-refractivity contribution is -0.131. The standard InChI is InChI=1S/C13H11N3O3S/c1-8-15-7-10(20-8)13(19)16-11-6-9(4-5-14-11)2-3-12(17)18/h2-7H,1H3,(H,17,18)(H,14,16,19)/b3-2+. The number of pyridine rings is 1. The normalized spacial score (nSPS) is 10.7. The van der Waals surface area contributed by atoms with E-state index in [-0.39, 0.29) is 5.91 Å². The molecule has 2 aromatic rings. The van der Waals surface area contributed by atoms with E-state index in [0.717, 1.165) is 11.1 Å². The van der Waals surface area contributed by atoms with Gasteiger partial charge in [-0.3, -0.25) is 4.79 Å². The molecule has 102 valence electrons. The molecule has 0 atom stereocenters. The predicted molar refractivity (Wildman–Crippen MR) is 75.7 cm³/mol. The first-order chi connectivity index (χ1) is 9.54. The largest absolute Gasteiger partial charge is 0.478 e. The number of aliphatic carboxylic acids is 1. The highest BCUT2D eigenvalue weighted by atomic mass is 32.1. The topological polar surface area (TPSA) is 92.2 Å². The van der Waals surface area contributed by atoms with Crippen LogP contribution in [0.15, 0.2) is 30.6 Å². The third-order valence-corrected chi connectivity index (χ3v) is 3.20. The maximum absolute atomic E-state index is 11.9. The Balaban J connectivity index is 2.11. The summed E-state index contributed by atoms with van der Waals surface area (Å²) in [5.41, 5.74) is 0.637. The number of hydrogen-bond acceptors (Lipinski definition) is 5. The molecule has 0 spiro atoms. The van der Waals surface area contributed by atoms with Crippen molar-refractivity contribution in [2.75, 3.05) is 5.32 Å². The van der Waals surface area contributed by atoms with Crippen molar-refractivity contribution in [3.05, 3.63) is 46.1 Å². The van der Waals surface area contributed by atoms with Gasteiger partial charge < -0.3 is 10.4 Å². The van der Waals surface area contributed by atoms with Crippen LogP contribution < -0.4 is 5.32 Å². The summed E-state index contributed by atoms with van der Waals surface area (Å²) in [6.07, 6.45) is 5.45. The van der Waals surface area contributed by atoms with Gasteiger partial charge in [0.25, 0.3) is 5.91 Å². The maximum atomic E-state index is 11.9. The molecule has 0 saturated carbocycles. The molecule has 2 aromatic heterocycles. The second-order valence-electron chi connectivity index (χ2n) is 3.84. The maximum Gasteiger partial charge on any atom is 0.328 e. The van der Waals surface area contributed by atoms with Gasteiger partial charge in [-0.25, -0.2) is 14.8 Å². The third kappa shape index (κ3) is 3.72. The zero-order chi connectivity index (χ0) is 14.5. The molecule has 0 aliphatic carbocycles. The van der Waals surface area contributed by atoms with Crippen molar-refractivity contribution >= 4 is 35.1 Å². The van der Waals surface area contributed by atoms with Crippen molar-refractivity contribution in [1.29, 1.82) is 0 Å². The first-order valence-electron chi connectivity index (χ1n) is 5.65. The summed E-state index contributed by atoms with van der Waals surface area (Å²) in [5, 5.41) is 12.0. The highest BCUT2D eigenvalue weighted by Crippen LogP contribution is 2.14. The Morgan fingerprint density at radius 2 is 2.20 bits per heavy atom. The zero-order valence-electron chi connectivity index (χ0n) is 10.5. The number of nitrogens with one attached hydrogen (secondary N) is 1. The Labute approximate surface area is 118 Å². The highest BCUT2D eigenvalue weighted by Gasteiger charge is 2.09. The van der Waals surface area contributed by atoms with Crippen LogP contribution in [0.5, 0.6) is 0 Å². The zero-order valence-corrected chi connectivity index (χ0v) is 11.3. The third-order valence-electron chi connectivity index (χ3n) is 2.29. The summed E-state index contributed by atoms with van der Waals surface area (Å²) in [6, 6.07) is 3.23. The van der Waals surface area contributed by atoms with Crippen molar-refractivity contribution in [3.63, 3.8) is 0 Å². The molecule has 0 fully saturated rings. The number of carboxylic acid groups (broad SMARTS) is 1. The van der Waals surface area contributed by atoms with Gasteiger partial charge in [-0.2, -0.15) is 0 Å². The summed E-state index contributed by atoms with van der Waals surface area (Å²) >= 11 is 1.29. The molecule has 0 saturated heterocycles. The van der Waals surface area contributed by atoms with Gasteiger partial charge >= 0.3 is 5.97 Å². The predicted octanol–water partition coefficient (Wildman–Crippen LogP) is 2.20. The summed E-state index contributed by atoms with van der Waals surface area (Å²) in [7, 11) is 0. The summed E-state index contributed by atoms with van der Waals surface area (Å²) in [6.45, 7) is 1.82. The number of anilines is 1. The molecular formula is C13H11N3O3S. The molecule has 0 aliphatic heterocycles. The van der Waals surface area contributed by atoms with Crippen LogP contribution >= 0.6 is 11.3 Å². The van der Waals surface area contributed by atoms with E-state index in [1.165, 1.54) is 29.8 Å². The molecule has 0 radical (unpaired) electrons. The number of nitrogens with zero attached hydrogens (tertiary/aromatic N) is 2. The molecule has 0 aliphatic rings. The molecule has 2 N–H and O–H groups in total. The number of carbonyl (C=O) groups is 2. The minimum absolute atomic E-state index is 0.289. The molecule has 6 nitrogen and oxygen atoms in total. The minimum atomic E-state index is -1.03. The average molecular weight is 289 g/mol. The lowest BCUT2D eigenvalue weighted by atomic mass is 10.2. The van der Waals surface area contributed by atoms with Crippen LogP contribution in [0.25, 0.3) is 6.08 Å². The summed E-state index contributed by atoms with van der Waals surface area (Å²) in [4.78, 5) is 30.9. The number of hydrogen-bond donors (Lipinski definition) is 2. The van der Waals surface area contributed by atoms with Crippen LogP contribution in [-0.2, 0) is 4.79 Å². The van der Waals surface area contributed by atoms with Gasteiger partial charge in [-0.05, 0) is 30.7 Å². The molecule has 0 aromatic carbocycles. The van der Waals surface area contributed by atoms with Crippen molar-refractivity contribution in [3.8, 4) is 0 Å². The van der Waals surface area contributed by atoms with Crippen LogP contribution in [0.2, 0.25) is 0 Å². The second kappa shape index (κ2) is 6.07. The van der Waals surface area contributed by atoms with E-state index in [1.54, 1.807) is 12.1 Å². The van der Waals surface area contributed by atoms with Gasteiger partial charge in [0.1, 0.15) is 10.7 Å². The molecule has 1 amide bonds. The van der Waals surface area contributed by atoms with Crippen molar-refractivity contribution in [2.45, 2.75) is 6.92 Å². The van der Waals surface area contributed by atoms with E-state index in [2.05, 4.69) is 15.3 Å². The fourth-order valence-electron chi connectivity index (χ4n) is 1.43. The van der Waals surface area contributed by atoms with Crippen LogP contribution in [0.3, 0.4) is 0 Å². The summed E-state index contributed by atoms with van der Waals surface area (Å²) in [5.74, 6) is -0.969. The van der Waals surface area contributed by atoms with Crippen LogP contribution in [0, 0.1) is 6.92 Å². The Hall–Kier alpha value is -2.54. The van der Waals surface area contributed by atoms with Gasteiger partial charge in [0.2, 0.25) is 0 Å². The van der Waals surface area contributed by atoms with E-state index in [4.69, 9.17) is 5.11 Å².